The molecule has 0 aliphatic carbocycles. The Balaban J connectivity index is 1.65. The first-order chi connectivity index (χ1) is 13.5. The number of ether oxygens (including phenoxy) is 2. The number of hydrazine groups is 1. The van der Waals surface area contributed by atoms with Crippen LogP contribution in [0, 0.1) is 0 Å². The Labute approximate surface area is 163 Å². The lowest BCUT2D eigenvalue weighted by Crippen LogP contribution is -2.43. The molecule has 148 valence electrons. The Morgan fingerprint density at radius 3 is 2.18 bits per heavy atom. The first kappa shape index (κ1) is 20.9. The molecule has 3 N–H and O–H groups in total. The summed E-state index contributed by atoms with van der Waals surface area (Å²) in [6.45, 7) is 1.22. The lowest BCUT2D eigenvalue weighted by atomic mass is 10.1. The van der Waals surface area contributed by atoms with Gasteiger partial charge in [0.15, 0.2) is 0 Å². The number of nitrogens with one attached hydrogen (secondary N) is 3. The van der Waals surface area contributed by atoms with Crippen LogP contribution in [-0.2, 0) is 14.3 Å². The van der Waals surface area contributed by atoms with Crippen LogP contribution in [0.3, 0.4) is 0 Å². The van der Waals surface area contributed by atoms with Gasteiger partial charge in [-0.15, -0.1) is 0 Å². The molecule has 2 rings (SSSR count). The summed E-state index contributed by atoms with van der Waals surface area (Å²) in [6.07, 6.45) is 0. The highest BCUT2D eigenvalue weighted by Crippen LogP contribution is 2.11. The fourth-order valence-electron chi connectivity index (χ4n) is 2.32. The van der Waals surface area contributed by atoms with Gasteiger partial charge in [0.1, 0.15) is 19.0 Å². The number of amides is 3. The minimum absolute atomic E-state index is 0.171. The van der Waals surface area contributed by atoms with Crippen molar-refractivity contribution in [1.29, 1.82) is 0 Å². The van der Waals surface area contributed by atoms with Crippen molar-refractivity contribution in [2.75, 3.05) is 20.3 Å². The zero-order valence-corrected chi connectivity index (χ0v) is 15.7. The SMILES string of the molecule is COc1ccc(C(=O)NNC(=O)COCC(=O)NC(C)c2ccccc2)cc1. The third-order valence-electron chi connectivity index (χ3n) is 3.81. The van der Waals surface area contributed by atoms with Gasteiger partial charge in [-0.3, -0.25) is 25.2 Å². The summed E-state index contributed by atoms with van der Waals surface area (Å²) in [4.78, 5) is 35.5. The van der Waals surface area contributed by atoms with Crippen molar-refractivity contribution < 1.29 is 23.9 Å². The molecule has 1 unspecified atom stereocenters. The highest BCUT2D eigenvalue weighted by atomic mass is 16.5. The molecular formula is C20H23N3O5. The van der Waals surface area contributed by atoms with Gasteiger partial charge in [-0.1, -0.05) is 30.3 Å². The summed E-state index contributed by atoms with van der Waals surface area (Å²) in [6, 6.07) is 15.7. The summed E-state index contributed by atoms with van der Waals surface area (Å²) in [5, 5.41) is 2.78. The van der Waals surface area contributed by atoms with Crippen LogP contribution in [0.4, 0.5) is 0 Å². The van der Waals surface area contributed by atoms with E-state index in [0.717, 1.165) is 5.56 Å². The van der Waals surface area contributed by atoms with Gasteiger partial charge < -0.3 is 14.8 Å². The second-order valence-corrected chi connectivity index (χ2v) is 5.92. The quantitative estimate of drug-likeness (QED) is 0.595. The highest BCUT2D eigenvalue weighted by Gasteiger charge is 2.11. The average molecular weight is 385 g/mol. The summed E-state index contributed by atoms with van der Waals surface area (Å²) in [5.74, 6) is -0.781. The molecule has 0 aliphatic rings. The molecule has 0 spiro atoms. The van der Waals surface area contributed by atoms with Gasteiger partial charge in [0.05, 0.1) is 13.2 Å². The first-order valence-electron chi connectivity index (χ1n) is 8.65. The number of benzene rings is 2. The fraction of sp³-hybridized carbons (Fsp3) is 0.250. The van der Waals surface area contributed by atoms with Gasteiger partial charge in [0.2, 0.25) is 5.91 Å². The molecule has 0 fully saturated rings. The van der Waals surface area contributed by atoms with Gasteiger partial charge >= 0.3 is 0 Å². The smallest absolute Gasteiger partial charge is 0.269 e. The number of methoxy groups -OCH3 is 1. The van der Waals surface area contributed by atoms with E-state index in [4.69, 9.17) is 9.47 Å². The maximum absolute atomic E-state index is 11.9. The van der Waals surface area contributed by atoms with Crippen molar-refractivity contribution in [1.82, 2.24) is 16.2 Å². The van der Waals surface area contributed by atoms with Crippen LogP contribution >= 0.6 is 0 Å². The van der Waals surface area contributed by atoms with Crippen molar-refractivity contribution in [3.8, 4) is 5.75 Å². The molecule has 8 heteroatoms. The van der Waals surface area contributed by atoms with E-state index in [9.17, 15) is 14.4 Å². The Morgan fingerprint density at radius 2 is 1.54 bits per heavy atom. The number of rotatable bonds is 8. The largest absolute Gasteiger partial charge is 0.497 e. The Hall–Kier alpha value is -3.39. The van der Waals surface area contributed by atoms with Crippen molar-refractivity contribution >= 4 is 17.7 Å². The molecule has 0 aliphatic heterocycles. The lowest BCUT2D eigenvalue weighted by molar-refractivity contribution is -0.131. The summed E-state index contributed by atoms with van der Waals surface area (Å²) < 4.78 is 10.1. The van der Waals surface area contributed by atoms with Crippen molar-refractivity contribution in [3.63, 3.8) is 0 Å². The van der Waals surface area contributed by atoms with Crippen LogP contribution in [0.1, 0.15) is 28.9 Å². The fourth-order valence-corrected chi connectivity index (χ4v) is 2.32. The van der Waals surface area contributed by atoms with Crippen LogP contribution in [-0.4, -0.2) is 38.0 Å². The number of carbonyl (C=O) groups is 3. The van der Waals surface area contributed by atoms with E-state index < -0.39 is 11.8 Å². The number of hydrogen-bond acceptors (Lipinski definition) is 5. The summed E-state index contributed by atoms with van der Waals surface area (Å²) in [7, 11) is 1.53. The highest BCUT2D eigenvalue weighted by molar-refractivity contribution is 5.95. The van der Waals surface area contributed by atoms with Crippen LogP contribution < -0.4 is 20.9 Å². The molecule has 3 amide bonds. The standard InChI is InChI=1S/C20H23N3O5/c1-14(15-6-4-3-5-7-15)21-18(24)12-28-13-19(25)22-23-20(26)16-8-10-17(27-2)11-9-16/h3-11,14H,12-13H2,1-2H3,(H,21,24)(H,22,25)(H,23,26). The molecular weight excluding hydrogens is 362 g/mol. The average Bonchev–Trinajstić information content (AvgIpc) is 2.72. The topological polar surface area (TPSA) is 106 Å². The molecule has 0 saturated heterocycles. The Kier molecular flexibility index (Phi) is 7.98. The van der Waals surface area contributed by atoms with E-state index in [2.05, 4.69) is 16.2 Å². The van der Waals surface area contributed by atoms with Crippen molar-refractivity contribution in [2.24, 2.45) is 0 Å². The number of hydrogen-bond donors (Lipinski definition) is 3. The molecule has 0 radical (unpaired) electrons. The predicted octanol–water partition coefficient (Wildman–Crippen LogP) is 1.35. The second-order valence-electron chi connectivity index (χ2n) is 5.92. The summed E-state index contributed by atoms with van der Waals surface area (Å²) in [5.41, 5.74) is 5.82. The molecule has 1 atom stereocenters. The monoisotopic (exact) mass is 385 g/mol. The number of carbonyl (C=O) groups excluding carboxylic acids is 3. The van der Waals surface area contributed by atoms with Gasteiger partial charge in [-0.2, -0.15) is 0 Å². The van der Waals surface area contributed by atoms with Crippen LogP contribution in [0.15, 0.2) is 54.6 Å². The van der Waals surface area contributed by atoms with E-state index in [1.165, 1.54) is 7.11 Å². The van der Waals surface area contributed by atoms with E-state index >= 15 is 0 Å². The third-order valence-corrected chi connectivity index (χ3v) is 3.81. The minimum atomic E-state index is -0.578. The molecule has 0 saturated carbocycles. The Morgan fingerprint density at radius 1 is 0.893 bits per heavy atom. The summed E-state index contributed by atoms with van der Waals surface area (Å²) >= 11 is 0. The zero-order valence-electron chi connectivity index (χ0n) is 15.7. The van der Waals surface area contributed by atoms with E-state index in [1.807, 2.05) is 37.3 Å². The van der Waals surface area contributed by atoms with Gasteiger partial charge in [0.25, 0.3) is 11.8 Å². The van der Waals surface area contributed by atoms with Gasteiger partial charge in [-0.25, -0.2) is 0 Å². The van der Waals surface area contributed by atoms with Gasteiger partial charge in [0, 0.05) is 5.56 Å². The Bertz CT molecular complexity index is 793. The first-order valence-corrected chi connectivity index (χ1v) is 8.65. The van der Waals surface area contributed by atoms with Crippen molar-refractivity contribution in [3.05, 3.63) is 65.7 Å². The molecule has 0 aromatic heterocycles. The van der Waals surface area contributed by atoms with E-state index in [1.54, 1.807) is 24.3 Å². The van der Waals surface area contributed by atoms with E-state index in [0.29, 0.717) is 11.3 Å². The normalized spacial score (nSPS) is 11.2. The van der Waals surface area contributed by atoms with Crippen LogP contribution in [0.5, 0.6) is 5.75 Å². The molecule has 0 bridgehead atoms. The van der Waals surface area contributed by atoms with Crippen molar-refractivity contribution in [2.45, 2.75) is 13.0 Å². The molecule has 28 heavy (non-hydrogen) atoms. The second kappa shape index (κ2) is 10.7. The molecule has 8 nitrogen and oxygen atoms in total. The maximum Gasteiger partial charge on any atom is 0.269 e. The molecule has 2 aromatic rings. The lowest BCUT2D eigenvalue weighted by Gasteiger charge is -2.14. The minimum Gasteiger partial charge on any atom is -0.497 e. The molecule has 0 heterocycles. The van der Waals surface area contributed by atoms with Crippen LogP contribution in [0.25, 0.3) is 0 Å². The van der Waals surface area contributed by atoms with E-state index in [-0.39, 0.29) is 25.2 Å². The third kappa shape index (κ3) is 6.73. The molecule has 2 aromatic carbocycles. The predicted molar refractivity (Wildman–Crippen MR) is 102 cm³/mol. The maximum atomic E-state index is 11.9. The van der Waals surface area contributed by atoms with Gasteiger partial charge in [-0.05, 0) is 36.8 Å². The van der Waals surface area contributed by atoms with Crippen LogP contribution in [0.2, 0.25) is 0 Å². The zero-order chi connectivity index (χ0) is 20.4.